The molecule has 0 atom stereocenters. The zero-order valence-electron chi connectivity index (χ0n) is 13.9. The van der Waals surface area contributed by atoms with Crippen LogP contribution in [0.5, 0.6) is 0 Å². The van der Waals surface area contributed by atoms with E-state index in [1.165, 1.54) is 0 Å². The zero-order valence-corrected chi connectivity index (χ0v) is 13.9. The van der Waals surface area contributed by atoms with Crippen molar-refractivity contribution in [1.29, 1.82) is 0 Å². The summed E-state index contributed by atoms with van der Waals surface area (Å²) in [7, 11) is 0. The summed E-state index contributed by atoms with van der Waals surface area (Å²) < 4.78 is 0. The van der Waals surface area contributed by atoms with Crippen molar-refractivity contribution in [2.45, 2.75) is 13.3 Å². The van der Waals surface area contributed by atoms with Crippen molar-refractivity contribution in [3.63, 3.8) is 0 Å². The van der Waals surface area contributed by atoms with Gasteiger partial charge in [-0.1, -0.05) is 0 Å². The molecule has 0 amide bonds. The summed E-state index contributed by atoms with van der Waals surface area (Å²) in [4.78, 5) is 25.5. The minimum atomic E-state index is -0.250. The van der Waals surface area contributed by atoms with Gasteiger partial charge in [-0.05, 0) is 37.6 Å². The number of nitrogens with zero attached hydrogens (tertiary/aromatic N) is 4. The second-order valence-electron chi connectivity index (χ2n) is 5.10. The maximum absolute atomic E-state index is 8.36. The largest absolute Gasteiger partial charge is 0.483 e. The predicted molar refractivity (Wildman–Crippen MR) is 96.6 cm³/mol. The first kappa shape index (κ1) is 18.1. The van der Waals surface area contributed by atoms with Crippen LogP contribution in [0.15, 0.2) is 43.0 Å². The number of aromatic nitrogens is 4. The van der Waals surface area contributed by atoms with Crippen molar-refractivity contribution in [2.24, 2.45) is 0 Å². The fraction of sp³-hybridized carbons (Fsp3) is 0.235. The molecule has 0 unspecified atom stereocenters. The third-order valence-electron chi connectivity index (χ3n) is 3.26. The average molecular weight is 340 g/mol. The number of rotatable bonds is 6. The molecule has 0 aliphatic carbocycles. The van der Waals surface area contributed by atoms with Crippen molar-refractivity contribution in [2.75, 3.05) is 23.7 Å². The van der Waals surface area contributed by atoms with E-state index in [1.54, 1.807) is 12.5 Å². The van der Waals surface area contributed by atoms with E-state index in [1.807, 2.05) is 37.4 Å². The standard InChI is InChI=1S/C16H18N6.CH2O2/c1-12-5-6-14-15(22-12)16(21-11-20-14)19-9-3-8-18-13-4-2-7-17-10-13;2-1-3/h2,4-7,10-11,18H,3,8-9H2,1H3,(H,19,20,21);1H,(H,2,3). The van der Waals surface area contributed by atoms with Crippen LogP contribution in [0.3, 0.4) is 0 Å². The summed E-state index contributed by atoms with van der Waals surface area (Å²) >= 11 is 0. The van der Waals surface area contributed by atoms with E-state index in [4.69, 9.17) is 9.90 Å². The van der Waals surface area contributed by atoms with E-state index in [0.29, 0.717) is 0 Å². The molecule has 0 spiro atoms. The van der Waals surface area contributed by atoms with E-state index >= 15 is 0 Å². The molecule has 0 aromatic carbocycles. The molecular weight excluding hydrogens is 320 g/mol. The highest BCUT2D eigenvalue weighted by atomic mass is 16.3. The van der Waals surface area contributed by atoms with Gasteiger partial charge in [0, 0.05) is 31.2 Å². The highest BCUT2D eigenvalue weighted by Gasteiger charge is 2.04. The van der Waals surface area contributed by atoms with Crippen molar-refractivity contribution in [3.8, 4) is 0 Å². The molecule has 3 aromatic heterocycles. The van der Waals surface area contributed by atoms with Crippen LogP contribution in [0, 0.1) is 6.92 Å². The molecule has 130 valence electrons. The fourth-order valence-electron chi connectivity index (χ4n) is 2.16. The molecule has 25 heavy (non-hydrogen) atoms. The zero-order chi connectivity index (χ0) is 17.9. The van der Waals surface area contributed by atoms with Gasteiger partial charge in [-0.25, -0.2) is 15.0 Å². The highest BCUT2D eigenvalue weighted by Crippen LogP contribution is 2.16. The van der Waals surface area contributed by atoms with Crippen LogP contribution in [0.25, 0.3) is 11.0 Å². The first-order valence-electron chi connectivity index (χ1n) is 7.78. The normalized spacial score (nSPS) is 9.80. The smallest absolute Gasteiger partial charge is 0.290 e. The van der Waals surface area contributed by atoms with Gasteiger partial charge in [0.15, 0.2) is 5.82 Å². The Morgan fingerprint density at radius 3 is 2.72 bits per heavy atom. The number of hydrogen-bond donors (Lipinski definition) is 3. The van der Waals surface area contributed by atoms with E-state index in [-0.39, 0.29) is 6.47 Å². The predicted octanol–water partition coefficient (Wildman–Crippen LogP) is 2.34. The van der Waals surface area contributed by atoms with Gasteiger partial charge in [0.25, 0.3) is 6.47 Å². The molecule has 0 saturated carbocycles. The van der Waals surface area contributed by atoms with Crippen molar-refractivity contribution in [3.05, 3.63) is 48.7 Å². The molecule has 0 radical (unpaired) electrons. The minimum absolute atomic E-state index is 0.250. The number of nitrogens with one attached hydrogen (secondary N) is 2. The lowest BCUT2D eigenvalue weighted by atomic mass is 10.3. The number of fused-ring (bicyclic) bond motifs is 1. The number of pyridine rings is 2. The summed E-state index contributed by atoms with van der Waals surface area (Å²) in [6.07, 6.45) is 6.11. The van der Waals surface area contributed by atoms with Gasteiger partial charge in [0.05, 0.1) is 11.2 Å². The van der Waals surface area contributed by atoms with Gasteiger partial charge in [-0.3, -0.25) is 9.78 Å². The van der Waals surface area contributed by atoms with Crippen molar-refractivity contribution < 1.29 is 9.90 Å². The highest BCUT2D eigenvalue weighted by molar-refractivity contribution is 5.84. The molecule has 8 nitrogen and oxygen atoms in total. The SMILES string of the molecule is Cc1ccc2ncnc(NCCCNc3cccnc3)c2n1.O=CO. The molecule has 3 aromatic rings. The molecular formula is C17H20N6O2. The molecule has 3 N–H and O–H groups in total. The second kappa shape index (κ2) is 9.76. The number of hydrogen-bond acceptors (Lipinski definition) is 7. The van der Waals surface area contributed by atoms with Gasteiger partial charge >= 0.3 is 0 Å². The van der Waals surface area contributed by atoms with Crippen LogP contribution in [0.1, 0.15) is 12.1 Å². The van der Waals surface area contributed by atoms with Crippen LogP contribution in [0.4, 0.5) is 11.5 Å². The number of aryl methyl sites for hydroxylation is 1. The minimum Gasteiger partial charge on any atom is -0.483 e. The first-order chi connectivity index (χ1) is 12.2. The summed E-state index contributed by atoms with van der Waals surface area (Å²) in [5, 5.41) is 13.5. The van der Waals surface area contributed by atoms with Gasteiger partial charge in [0.2, 0.25) is 0 Å². The Hall–Kier alpha value is -3.29. The monoisotopic (exact) mass is 340 g/mol. The van der Waals surface area contributed by atoms with Gasteiger partial charge in [-0.2, -0.15) is 0 Å². The Morgan fingerprint density at radius 1 is 1.16 bits per heavy atom. The van der Waals surface area contributed by atoms with Gasteiger partial charge in [-0.15, -0.1) is 0 Å². The molecule has 0 aliphatic rings. The van der Waals surface area contributed by atoms with Crippen molar-refractivity contribution >= 4 is 29.0 Å². The van der Waals surface area contributed by atoms with E-state index in [2.05, 4.69) is 30.6 Å². The average Bonchev–Trinajstić information content (AvgIpc) is 2.63. The molecule has 0 aliphatic heterocycles. The van der Waals surface area contributed by atoms with E-state index in [9.17, 15) is 0 Å². The van der Waals surface area contributed by atoms with Crippen LogP contribution in [-0.2, 0) is 4.79 Å². The van der Waals surface area contributed by atoms with Crippen LogP contribution in [0.2, 0.25) is 0 Å². The third-order valence-corrected chi connectivity index (χ3v) is 3.26. The van der Waals surface area contributed by atoms with Crippen molar-refractivity contribution in [1.82, 2.24) is 19.9 Å². The van der Waals surface area contributed by atoms with Gasteiger partial charge < -0.3 is 15.7 Å². The summed E-state index contributed by atoms with van der Waals surface area (Å²) in [6, 6.07) is 7.85. The molecule has 0 bridgehead atoms. The van der Waals surface area contributed by atoms with Crippen LogP contribution in [-0.4, -0.2) is 44.6 Å². The third kappa shape index (κ3) is 5.69. The summed E-state index contributed by atoms with van der Waals surface area (Å²) in [5.74, 6) is 0.787. The topological polar surface area (TPSA) is 113 Å². The lowest BCUT2D eigenvalue weighted by Gasteiger charge is -2.09. The van der Waals surface area contributed by atoms with Crippen LogP contribution >= 0.6 is 0 Å². The number of anilines is 2. The number of carbonyl (C=O) groups is 1. The molecule has 8 heteroatoms. The lowest BCUT2D eigenvalue weighted by molar-refractivity contribution is -0.122. The van der Waals surface area contributed by atoms with E-state index in [0.717, 1.165) is 47.7 Å². The Kier molecular flexibility index (Phi) is 7.05. The Labute approximate surface area is 145 Å². The lowest BCUT2D eigenvalue weighted by Crippen LogP contribution is -2.10. The van der Waals surface area contributed by atoms with E-state index < -0.39 is 0 Å². The Bertz CT molecular complexity index is 798. The summed E-state index contributed by atoms with van der Waals surface area (Å²) in [6.45, 7) is 3.40. The fourth-order valence-corrected chi connectivity index (χ4v) is 2.16. The number of carboxylic acid groups (broad SMARTS) is 1. The maximum atomic E-state index is 8.36. The quantitative estimate of drug-likeness (QED) is 0.463. The molecule has 3 rings (SSSR count). The summed E-state index contributed by atoms with van der Waals surface area (Å²) in [5.41, 5.74) is 3.68. The maximum Gasteiger partial charge on any atom is 0.290 e. The Balaban J connectivity index is 0.000000701. The first-order valence-corrected chi connectivity index (χ1v) is 7.78. The Morgan fingerprint density at radius 2 is 1.96 bits per heavy atom. The molecule has 0 saturated heterocycles. The van der Waals surface area contributed by atoms with Gasteiger partial charge in [0.1, 0.15) is 11.8 Å². The molecule has 0 fully saturated rings. The second-order valence-corrected chi connectivity index (χ2v) is 5.10. The van der Waals surface area contributed by atoms with Crippen LogP contribution < -0.4 is 10.6 Å². The molecule has 3 heterocycles.